The molecule has 0 saturated heterocycles. The molecule has 3 N–H and O–H groups in total. The van der Waals surface area contributed by atoms with E-state index in [2.05, 4.69) is 17.7 Å². The number of nitrogens with zero attached hydrogens (tertiary/aromatic N) is 1. The van der Waals surface area contributed by atoms with Crippen molar-refractivity contribution in [3.63, 3.8) is 0 Å². The van der Waals surface area contributed by atoms with Gasteiger partial charge in [0.05, 0.1) is 11.1 Å². The molecule has 0 aliphatic heterocycles. The van der Waals surface area contributed by atoms with E-state index < -0.39 is 5.97 Å². The number of rotatable bonds is 6. The Labute approximate surface area is 112 Å². The molecule has 2 rings (SSSR count). The fraction of sp³-hybridized carbons (Fsp3) is 0.400. The van der Waals surface area contributed by atoms with Gasteiger partial charge in [0.2, 0.25) is 0 Å². The van der Waals surface area contributed by atoms with Crippen LogP contribution in [0.4, 0.5) is 0 Å². The molecular formula is C15H20N2O2. The number of aromatic nitrogens is 1. The molecule has 0 bridgehead atoms. The minimum atomic E-state index is -0.874. The number of aromatic carboxylic acids is 1. The largest absolute Gasteiger partial charge is 0.478 e. The quantitative estimate of drug-likeness (QED) is 0.839. The molecule has 0 amide bonds. The molecule has 0 aliphatic rings. The molecule has 0 spiro atoms. The van der Waals surface area contributed by atoms with Gasteiger partial charge in [0, 0.05) is 18.1 Å². The first-order chi connectivity index (χ1) is 9.19. The van der Waals surface area contributed by atoms with Crippen LogP contribution in [-0.2, 0) is 13.0 Å². The second-order valence-electron chi connectivity index (χ2n) is 4.75. The van der Waals surface area contributed by atoms with Gasteiger partial charge in [0.1, 0.15) is 0 Å². The van der Waals surface area contributed by atoms with Gasteiger partial charge >= 0.3 is 5.97 Å². The highest BCUT2D eigenvalue weighted by atomic mass is 16.4. The molecule has 4 heteroatoms. The van der Waals surface area contributed by atoms with Crippen molar-refractivity contribution in [3.05, 3.63) is 35.5 Å². The van der Waals surface area contributed by atoms with Crippen LogP contribution >= 0.6 is 0 Å². The molecule has 0 radical (unpaired) electrons. The average molecular weight is 260 g/mol. The van der Waals surface area contributed by atoms with Gasteiger partial charge in [0.15, 0.2) is 0 Å². The Kier molecular flexibility index (Phi) is 4.22. The van der Waals surface area contributed by atoms with Crippen LogP contribution in [0.5, 0.6) is 0 Å². The van der Waals surface area contributed by atoms with Crippen LogP contribution in [0.15, 0.2) is 24.4 Å². The highest BCUT2D eigenvalue weighted by Gasteiger charge is 2.15. The van der Waals surface area contributed by atoms with E-state index in [1.807, 2.05) is 6.07 Å². The molecule has 102 valence electrons. The van der Waals surface area contributed by atoms with Crippen LogP contribution in [0.2, 0.25) is 0 Å². The zero-order valence-electron chi connectivity index (χ0n) is 11.2. The van der Waals surface area contributed by atoms with Crippen molar-refractivity contribution in [1.82, 2.24) is 4.57 Å². The third-order valence-corrected chi connectivity index (χ3v) is 3.38. The molecule has 2 aromatic rings. The number of aryl methyl sites for hydroxylation is 1. The lowest BCUT2D eigenvalue weighted by molar-refractivity contribution is 0.0698. The van der Waals surface area contributed by atoms with E-state index in [9.17, 15) is 9.90 Å². The molecule has 0 unspecified atom stereocenters. The van der Waals surface area contributed by atoms with Crippen LogP contribution in [0, 0.1) is 0 Å². The summed E-state index contributed by atoms with van der Waals surface area (Å²) in [6, 6.07) is 5.45. The summed E-state index contributed by atoms with van der Waals surface area (Å²) >= 11 is 0. The van der Waals surface area contributed by atoms with Crippen LogP contribution in [0.25, 0.3) is 10.9 Å². The summed E-state index contributed by atoms with van der Waals surface area (Å²) in [7, 11) is 0. The lowest BCUT2D eigenvalue weighted by Crippen LogP contribution is -2.03. The summed E-state index contributed by atoms with van der Waals surface area (Å²) in [4.78, 5) is 11.4. The smallest absolute Gasteiger partial charge is 0.337 e. The predicted molar refractivity (Wildman–Crippen MR) is 76.6 cm³/mol. The van der Waals surface area contributed by atoms with Crippen LogP contribution < -0.4 is 5.73 Å². The van der Waals surface area contributed by atoms with Crippen molar-refractivity contribution < 1.29 is 9.90 Å². The number of para-hydroxylation sites is 1. The van der Waals surface area contributed by atoms with Crippen molar-refractivity contribution in [1.29, 1.82) is 0 Å². The van der Waals surface area contributed by atoms with Gasteiger partial charge in [-0.25, -0.2) is 4.79 Å². The molecule has 1 aromatic heterocycles. The molecule has 0 fully saturated rings. The van der Waals surface area contributed by atoms with E-state index in [1.54, 1.807) is 12.1 Å². The summed E-state index contributed by atoms with van der Waals surface area (Å²) < 4.78 is 2.06. The SMILES string of the molecule is CCCCn1cc(CCN)c2cccc(C(=O)O)c21. The Balaban J connectivity index is 2.61. The lowest BCUT2D eigenvalue weighted by atomic mass is 10.1. The number of nitrogens with two attached hydrogens (primary N) is 1. The number of benzene rings is 1. The monoisotopic (exact) mass is 260 g/mol. The topological polar surface area (TPSA) is 68.2 Å². The van der Waals surface area contributed by atoms with E-state index in [0.29, 0.717) is 12.1 Å². The summed E-state index contributed by atoms with van der Waals surface area (Å²) in [5.74, 6) is -0.874. The molecule has 4 nitrogen and oxygen atoms in total. The Bertz CT molecular complexity index is 587. The molecule has 1 heterocycles. The van der Waals surface area contributed by atoms with E-state index >= 15 is 0 Å². The van der Waals surface area contributed by atoms with E-state index in [-0.39, 0.29) is 0 Å². The number of carboxylic acid groups (broad SMARTS) is 1. The van der Waals surface area contributed by atoms with Crippen LogP contribution in [0.3, 0.4) is 0 Å². The first-order valence-electron chi connectivity index (χ1n) is 6.73. The zero-order chi connectivity index (χ0) is 13.8. The standard InChI is InChI=1S/C15H20N2O2/c1-2-3-9-17-10-11(7-8-16)12-5-4-6-13(14(12)17)15(18)19/h4-6,10H,2-3,7-9,16H2,1H3,(H,18,19). The second kappa shape index (κ2) is 5.89. The number of hydrogen-bond donors (Lipinski definition) is 2. The highest BCUT2D eigenvalue weighted by molar-refractivity contribution is 6.03. The summed E-state index contributed by atoms with van der Waals surface area (Å²) in [6.07, 6.45) is 4.96. The number of hydrogen-bond acceptors (Lipinski definition) is 2. The molecule has 0 saturated carbocycles. The van der Waals surface area contributed by atoms with Crippen molar-refractivity contribution in [2.75, 3.05) is 6.54 Å². The number of unbranched alkanes of at least 4 members (excludes halogenated alkanes) is 1. The summed E-state index contributed by atoms with van der Waals surface area (Å²) in [6.45, 7) is 3.55. The maximum Gasteiger partial charge on any atom is 0.337 e. The van der Waals surface area contributed by atoms with E-state index in [0.717, 1.165) is 42.3 Å². The Morgan fingerprint density at radius 2 is 2.21 bits per heavy atom. The van der Waals surface area contributed by atoms with Crippen molar-refractivity contribution in [2.24, 2.45) is 5.73 Å². The zero-order valence-corrected chi connectivity index (χ0v) is 11.2. The van der Waals surface area contributed by atoms with Gasteiger partial charge in [-0.15, -0.1) is 0 Å². The van der Waals surface area contributed by atoms with E-state index in [4.69, 9.17) is 5.73 Å². The lowest BCUT2D eigenvalue weighted by Gasteiger charge is -2.06. The normalized spacial score (nSPS) is 11.1. The van der Waals surface area contributed by atoms with Crippen molar-refractivity contribution in [3.8, 4) is 0 Å². The highest BCUT2D eigenvalue weighted by Crippen LogP contribution is 2.26. The van der Waals surface area contributed by atoms with Gasteiger partial charge in [-0.3, -0.25) is 0 Å². The molecular weight excluding hydrogens is 240 g/mol. The molecule has 1 aromatic carbocycles. The Hall–Kier alpha value is -1.81. The van der Waals surface area contributed by atoms with Crippen LogP contribution in [0.1, 0.15) is 35.7 Å². The van der Waals surface area contributed by atoms with Crippen LogP contribution in [-0.4, -0.2) is 22.2 Å². The maximum absolute atomic E-state index is 11.4. The van der Waals surface area contributed by atoms with E-state index in [1.165, 1.54) is 0 Å². The Morgan fingerprint density at radius 1 is 1.42 bits per heavy atom. The third kappa shape index (κ3) is 2.63. The van der Waals surface area contributed by atoms with Gasteiger partial charge in [-0.05, 0) is 31.0 Å². The minimum Gasteiger partial charge on any atom is -0.478 e. The first-order valence-corrected chi connectivity index (χ1v) is 6.73. The maximum atomic E-state index is 11.4. The summed E-state index contributed by atoms with van der Waals surface area (Å²) in [5, 5.41) is 10.3. The van der Waals surface area contributed by atoms with Gasteiger partial charge in [-0.2, -0.15) is 0 Å². The summed E-state index contributed by atoms with van der Waals surface area (Å²) in [5.41, 5.74) is 7.97. The molecule has 19 heavy (non-hydrogen) atoms. The fourth-order valence-electron chi connectivity index (χ4n) is 2.47. The van der Waals surface area contributed by atoms with Crippen molar-refractivity contribution in [2.45, 2.75) is 32.7 Å². The van der Waals surface area contributed by atoms with Gasteiger partial charge in [-0.1, -0.05) is 25.5 Å². The number of fused-ring (bicyclic) bond motifs is 1. The third-order valence-electron chi connectivity index (χ3n) is 3.38. The van der Waals surface area contributed by atoms with Crippen molar-refractivity contribution >= 4 is 16.9 Å². The number of carbonyl (C=O) groups is 1. The second-order valence-corrected chi connectivity index (χ2v) is 4.75. The predicted octanol–water partition coefficient (Wildman–Crippen LogP) is 2.64. The first kappa shape index (κ1) is 13.6. The van der Waals surface area contributed by atoms with Gasteiger partial charge < -0.3 is 15.4 Å². The fourth-order valence-corrected chi connectivity index (χ4v) is 2.47. The van der Waals surface area contributed by atoms with Gasteiger partial charge in [0.25, 0.3) is 0 Å². The molecule has 0 atom stereocenters. The average Bonchev–Trinajstić information content (AvgIpc) is 2.75. The minimum absolute atomic E-state index is 0.372. The number of carboxylic acids is 1. The Morgan fingerprint density at radius 3 is 2.84 bits per heavy atom. The molecule has 0 aliphatic carbocycles.